The molecule has 0 fully saturated rings. The molecule has 7 aromatic carbocycles. The maximum atomic E-state index is 6.31. The van der Waals surface area contributed by atoms with Crippen LogP contribution in [0.4, 0.5) is 17.1 Å². The molecule has 2 unspecified atom stereocenters. The topological polar surface area (TPSA) is 71.4 Å². The minimum absolute atomic E-state index is 0.413. The molecule has 0 bridgehead atoms. The lowest BCUT2D eigenvalue weighted by molar-refractivity contribution is 0.0867. The summed E-state index contributed by atoms with van der Waals surface area (Å²) in [5.74, 6) is 3.11. The Morgan fingerprint density at radius 1 is 0.459 bits per heavy atom. The van der Waals surface area contributed by atoms with Crippen molar-refractivity contribution in [2.45, 2.75) is 26.3 Å². The molecule has 9 heteroatoms. The lowest BCUT2D eigenvalue weighted by Gasteiger charge is -2.26. The quantitative estimate of drug-likeness (QED) is 0.102. The molecule has 61 heavy (non-hydrogen) atoms. The summed E-state index contributed by atoms with van der Waals surface area (Å²) in [6.07, 6.45) is -0.827. The van der Waals surface area contributed by atoms with Crippen LogP contribution >= 0.6 is 0 Å². The van der Waals surface area contributed by atoms with Crippen LogP contribution in [-0.2, 0) is 9.68 Å². The van der Waals surface area contributed by atoms with E-state index in [1.807, 2.05) is 91.0 Å². The number of rotatable bonds is 15. The monoisotopic (exact) mass is 805 g/mol. The molecule has 7 aromatic rings. The zero-order valence-electron chi connectivity index (χ0n) is 34.3. The molecule has 0 radical (unpaired) electrons. The molecule has 2 heterocycles. The number of para-hydroxylation sites is 3. The SMILES string of the molecule is Cc1ccc(C2=NOC(c3ccc(OCCN(CCOc4ccc(C5ON=C(c6ccc(C)cc6)N5c5ccccc5)cc4)c4ccccc4)cc3)N2c2ccccc2)cc1. The molecular weight excluding hydrogens is 759 g/mol. The van der Waals surface area contributed by atoms with Crippen LogP contribution in [0.25, 0.3) is 0 Å². The van der Waals surface area contributed by atoms with Crippen molar-refractivity contribution in [2.24, 2.45) is 10.3 Å². The van der Waals surface area contributed by atoms with E-state index in [4.69, 9.17) is 19.1 Å². The number of benzene rings is 7. The third kappa shape index (κ3) is 8.91. The number of ether oxygens (including phenoxy) is 2. The molecule has 0 N–H and O–H groups in total. The largest absolute Gasteiger partial charge is 0.492 e. The number of hydrogen-bond acceptors (Lipinski definition) is 9. The standard InChI is InChI=1S/C52H47N5O4/c1-38-18-22-40(23-19-38)49-53-60-51(56(49)45-14-8-4-9-15-45)42-26-30-47(31-27-42)58-36-34-55(44-12-6-3-7-13-44)35-37-59-48-32-28-43(29-33-48)52-57(46-16-10-5-11-17-46)50(54-61-52)41-24-20-39(2)21-25-41/h3-33,51-52H,34-37H2,1-2H3. The molecule has 2 aliphatic rings. The second kappa shape index (κ2) is 18.2. The zero-order chi connectivity index (χ0) is 41.4. The van der Waals surface area contributed by atoms with Gasteiger partial charge in [-0.25, -0.2) is 0 Å². The highest BCUT2D eigenvalue weighted by Gasteiger charge is 2.35. The molecule has 0 saturated heterocycles. The van der Waals surface area contributed by atoms with Gasteiger partial charge in [0.1, 0.15) is 24.7 Å². The number of nitrogens with zero attached hydrogens (tertiary/aromatic N) is 5. The maximum absolute atomic E-state index is 6.31. The van der Waals surface area contributed by atoms with E-state index >= 15 is 0 Å². The van der Waals surface area contributed by atoms with E-state index < -0.39 is 12.5 Å². The van der Waals surface area contributed by atoms with E-state index in [1.165, 1.54) is 11.1 Å². The Bertz CT molecular complexity index is 2390. The summed E-state index contributed by atoms with van der Waals surface area (Å²) in [5, 5.41) is 9.09. The highest BCUT2D eigenvalue weighted by molar-refractivity contribution is 6.11. The molecule has 2 aliphatic heterocycles. The number of anilines is 3. The van der Waals surface area contributed by atoms with Crippen molar-refractivity contribution in [3.05, 3.63) is 221 Å². The van der Waals surface area contributed by atoms with Crippen LogP contribution in [0.2, 0.25) is 0 Å². The van der Waals surface area contributed by atoms with Gasteiger partial charge < -0.3 is 24.0 Å². The summed E-state index contributed by atoms with van der Waals surface area (Å²) in [4.78, 5) is 18.7. The van der Waals surface area contributed by atoms with E-state index in [0.717, 1.165) is 62.5 Å². The van der Waals surface area contributed by atoms with Crippen molar-refractivity contribution >= 4 is 28.7 Å². The smallest absolute Gasteiger partial charge is 0.231 e. The fourth-order valence-corrected chi connectivity index (χ4v) is 7.52. The first kappa shape index (κ1) is 39.0. The van der Waals surface area contributed by atoms with Crippen LogP contribution in [0.3, 0.4) is 0 Å². The first-order chi connectivity index (χ1) is 30.1. The van der Waals surface area contributed by atoms with Gasteiger partial charge >= 0.3 is 0 Å². The van der Waals surface area contributed by atoms with Gasteiger partial charge in [-0.05, 0) is 98.8 Å². The van der Waals surface area contributed by atoms with E-state index in [-0.39, 0.29) is 0 Å². The second-order valence-electron chi connectivity index (χ2n) is 15.0. The van der Waals surface area contributed by atoms with Crippen molar-refractivity contribution in [1.82, 2.24) is 0 Å². The summed E-state index contributed by atoms with van der Waals surface area (Å²) in [6.45, 7) is 6.49. The molecule has 304 valence electrons. The number of hydrogen-bond donors (Lipinski definition) is 0. The highest BCUT2D eigenvalue weighted by atomic mass is 16.7. The fourth-order valence-electron chi connectivity index (χ4n) is 7.52. The summed E-state index contributed by atoms with van der Waals surface area (Å²) in [6, 6.07) is 63.7. The van der Waals surface area contributed by atoms with Crippen molar-refractivity contribution in [3.63, 3.8) is 0 Å². The average Bonchev–Trinajstić information content (AvgIpc) is 3.97. The van der Waals surface area contributed by atoms with Crippen LogP contribution in [0.5, 0.6) is 11.5 Å². The predicted molar refractivity (Wildman–Crippen MR) is 243 cm³/mol. The average molecular weight is 806 g/mol. The third-order valence-corrected chi connectivity index (χ3v) is 10.8. The van der Waals surface area contributed by atoms with Gasteiger partial charge in [0.25, 0.3) is 0 Å². The van der Waals surface area contributed by atoms with Gasteiger partial charge in [-0.2, -0.15) is 0 Å². The maximum Gasteiger partial charge on any atom is 0.231 e. The fraction of sp³-hybridized carbons (Fsp3) is 0.154. The number of amidine groups is 2. The van der Waals surface area contributed by atoms with Crippen molar-refractivity contribution in [2.75, 3.05) is 41.0 Å². The summed E-state index contributed by atoms with van der Waals surface area (Å²) in [7, 11) is 0. The molecule has 9 rings (SSSR count). The highest BCUT2D eigenvalue weighted by Crippen LogP contribution is 2.37. The Morgan fingerprint density at radius 3 is 1.23 bits per heavy atom. The van der Waals surface area contributed by atoms with Gasteiger partial charge in [-0.3, -0.25) is 9.80 Å². The third-order valence-electron chi connectivity index (χ3n) is 10.8. The van der Waals surface area contributed by atoms with E-state index in [2.05, 4.69) is 136 Å². The minimum Gasteiger partial charge on any atom is -0.492 e. The van der Waals surface area contributed by atoms with Gasteiger partial charge in [-0.15, -0.1) is 0 Å². The summed E-state index contributed by atoms with van der Waals surface area (Å²) >= 11 is 0. The van der Waals surface area contributed by atoms with Crippen molar-refractivity contribution < 1.29 is 19.1 Å². The van der Waals surface area contributed by atoms with Crippen molar-refractivity contribution in [3.8, 4) is 11.5 Å². The van der Waals surface area contributed by atoms with Crippen LogP contribution < -0.4 is 24.2 Å². The van der Waals surface area contributed by atoms with Crippen LogP contribution in [0.1, 0.15) is 45.8 Å². The number of aryl methyl sites for hydroxylation is 2. The van der Waals surface area contributed by atoms with Crippen LogP contribution in [-0.4, -0.2) is 38.0 Å². The van der Waals surface area contributed by atoms with Crippen LogP contribution in [0, 0.1) is 13.8 Å². The van der Waals surface area contributed by atoms with Gasteiger partial charge in [0, 0.05) is 39.3 Å². The molecule has 0 amide bonds. The first-order valence-corrected chi connectivity index (χ1v) is 20.6. The van der Waals surface area contributed by atoms with E-state index in [0.29, 0.717) is 26.3 Å². The van der Waals surface area contributed by atoms with E-state index in [1.54, 1.807) is 0 Å². The van der Waals surface area contributed by atoms with Gasteiger partial charge in [0.15, 0.2) is 11.7 Å². The lowest BCUT2D eigenvalue weighted by atomic mass is 10.1. The predicted octanol–water partition coefficient (Wildman–Crippen LogP) is 11.1. The minimum atomic E-state index is -0.413. The molecule has 0 aromatic heterocycles. The molecule has 0 saturated carbocycles. The second-order valence-corrected chi connectivity index (χ2v) is 15.0. The lowest BCUT2D eigenvalue weighted by Crippen LogP contribution is -2.32. The van der Waals surface area contributed by atoms with E-state index in [9.17, 15) is 0 Å². The summed E-state index contributed by atoms with van der Waals surface area (Å²) < 4.78 is 12.6. The molecule has 2 atom stereocenters. The normalized spacial score (nSPS) is 15.7. The Hall–Kier alpha value is -7.52. The Morgan fingerprint density at radius 2 is 0.836 bits per heavy atom. The first-order valence-electron chi connectivity index (χ1n) is 20.6. The number of oxime groups is 2. The van der Waals surface area contributed by atoms with Gasteiger partial charge in [0.2, 0.25) is 12.5 Å². The van der Waals surface area contributed by atoms with Crippen LogP contribution in [0.15, 0.2) is 198 Å². The Labute approximate surface area is 357 Å². The molecule has 0 aliphatic carbocycles. The zero-order valence-corrected chi connectivity index (χ0v) is 34.3. The molecule has 0 spiro atoms. The van der Waals surface area contributed by atoms with Crippen molar-refractivity contribution in [1.29, 1.82) is 0 Å². The Balaban J connectivity index is 0.817. The molecular formula is C52H47N5O4. The summed E-state index contributed by atoms with van der Waals surface area (Å²) in [5.41, 5.74) is 9.44. The van der Waals surface area contributed by atoms with Gasteiger partial charge in [0.05, 0.1) is 13.1 Å². The van der Waals surface area contributed by atoms with Gasteiger partial charge in [-0.1, -0.05) is 125 Å². The Kier molecular flexibility index (Phi) is 11.6. The molecule has 9 nitrogen and oxygen atoms in total.